The van der Waals surface area contributed by atoms with Gasteiger partial charge < -0.3 is 20.3 Å². The van der Waals surface area contributed by atoms with Crippen LogP contribution in [0.25, 0.3) is 0 Å². The van der Waals surface area contributed by atoms with Crippen LogP contribution < -0.4 is 10.6 Å². The van der Waals surface area contributed by atoms with E-state index in [0.717, 1.165) is 19.5 Å². The number of nitrogens with one attached hydrogen (secondary N) is 2. The first-order valence-corrected chi connectivity index (χ1v) is 6.70. The monoisotopic (exact) mass is 293 g/mol. The molecule has 0 aliphatic carbocycles. The zero-order valence-electron chi connectivity index (χ0n) is 12.5. The van der Waals surface area contributed by atoms with Crippen molar-refractivity contribution < 1.29 is 9.53 Å². The summed E-state index contributed by atoms with van der Waals surface area (Å²) >= 11 is 0. The lowest BCUT2D eigenvalue weighted by Gasteiger charge is -2.27. The molecule has 0 bridgehead atoms. The summed E-state index contributed by atoms with van der Waals surface area (Å²) in [5.74, 6) is 0.117. The van der Waals surface area contributed by atoms with Gasteiger partial charge in [0.2, 0.25) is 5.91 Å². The normalized spacial score (nSPS) is 22.6. The average molecular weight is 294 g/mol. The molecule has 1 amide bonds. The van der Waals surface area contributed by atoms with E-state index in [1.165, 1.54) is 0 Å². The molecular weight excluding hydrogens is 266 g/mol. The van der Waals surface area contributed by atoms with Crippen LogP contribution in [0.4, 0.5) is 0 Å². The Morgan fingerprint density at radius 1 is 1.53 bits per heavy atom. The highest BCUT2D eigenvalue weighted by molar-refractivity contribution is 5.85. The fourth-order valence-electron chi connectivity index (χ4n) is 2.19. The molecule has 0 spiro atoms. The van der Waals surface area contributed by atoms with Crippen LogP contribution in [0.2, 0.25) is 0 Å². The molecule has 114 valence electrons. The van der Waals surface area contributed by atoms with Crippen molar-refractivity contribution in [3.63, 3.8) is 0 Å². The Hall–Kier alpha value is -0.360. The number of carbonyl (C=O) groups excluding carboxylic acids is 1. The average Bonchev–Trinajstić information content (AvgIpc) is 2.79. The van der Waals surface area contributed by atoms with Gasteiger partial charge in [-0.3, -0.25) is 4.79 Å². The largest absolute Gasteiger partial charge is 0.384 e. The van der Waals surface area contributed by atoms with Crippen LogP contribution in [0.5, 0.6) is 0 Å². The highest BCUT2D eigenvalue weighted by Crippen LogP contribution is 2.25. The van der Waals surface area contributed by atoms with Gasteiger partial charge in [-0.05, 0) is 33.9 Å². The lowest BCUT2D eigenvalue weighted by molar-refractivity contribution is -0.133. The summed E-state index contributed by atoms with van der Waals surface area (Å²) in [5, 5.41) is 6.28. The number of hydrogen-bond acceptors (Lipinski definition) is 4. The number of likely N-dealkylation sites (N-methyl/N-ethyl adjacent to an activating group) is 1. The van der Waals surface area contributed by atoms with Gasteiger partial charge in [-0.25, -0.2) is 0 Å². The predicted molar refractivity (Wildman–Crippen MR) is 79.8 cm³/mol. The minimum atomic E-state index is -0.370. The molecule has 6 heteroatoms. The third-order valence-corrected chi connectivity index (χ3v) is 3.78. The van der Waals surface area contributed by atoms with Crippen LogP contribution >= 0.6 is 12.4 Å². The molecule has 0 aromatic heterocycles. The molecule has 0 aromatic rings. The van der Waals surface area contributed by atoms with E-state index < -0.39 is 0 Å². The minimum absolute atomic E-state index is 0. The maximum absolute atomic E-state index is 12.3. The van der Waals surface area contributed by atoms with Gasteiger partial charge in [-0.2, -0.15) is 0 Å². The van der Waals surface area contributed by atoms with E-state index in [0.29, 0.717) is 25.7 Å². The summed E-state index contributed by atoms with van der Waals surface area (Å²) in [6.07, 6.45) is 0.854. The van der Waals surface area contributed by atoms with Crippen molar-refractivity contribution in [3.8, 4) is 0 Å². The van der Waals surface area contributed by atoms with Gasteiger partial charge in [0, 0.05) is 32.8 Å². The fourth-order valence-corrected chi connectivity index (χ4v) is 2.19. The molecule has 19 heavy (non-hydrogen) atoms. The van der Waals surface area contributed by atoms with Crippen molar-refractivity contribution in [2.45, 2.75) is 26.3 Å². The Morgan fingerprint density at radius 3 is 2.68 bits per heavy atom. The molecule has 0 radical (unpaired) electrons. The molecule has 1 heterocycles. The number of hydrogen-bond donors (Lipinski definition) is 2. The number of halogens is 1. The second kappa shape index (κ2) is 8.74. The number of nitrogens with zero attached hydrogens (tertiary/aromatic N) is 1. The van der Waals surface area contributed by atoms with E-state index in [2.05, 4.69) is 36.4 Å². The van der Waals surface area contributed by atoms with Crippen LogP contribution in [0.15, 0.2) is 0 Å². The summed E-state index contributed by atoms with van der Waals surface area (Å²) in [4.78, 5) is 14.5. The van der Waals surface area contributed by atoms with Gasteiger partial charge in [0.25, 0.3) is 0 Å². The Morgan fingerprint density at radius 2 is 2.21 bits per heavy atom. The first-order valence-electron chi connectivity index (χ1n) is 6.70. The maximum atomic E-state index is 12.3. The van der Waals surface area contributed by atoms with Gasteiger partial charge in [-0.15, -0.1) is 12.4 Å². The zero-order chi connectivity index (χ0) is 13.6. The lowest BCUT2D eigenvalue weighted by Crippen LogP contribution is -2.47. The first kappa shape index (κ1) is 18.6. The molecule has 5 nitrogen and oxygen atoms in total. The standard InChI is InChI=1S/C13H27N3O2.ClH/c1-11(2)16(3)8-7-15-12(17)13(10-18-4)5-6-14-9-13;/h11,14H,5-10H2,1-4H3,(H,15,17);1H. The molecule has 1 rings (SSSR count). The van der Waals surface area contributed by atoms with E-state index >= 15 is 0 Å². The predicted octanol–water partition coefficient (Wildman–Crippen LogP) is 0.491. The lowest BCUT2D eigenvalue weighted by atomic mass is 9.87. The van der Waals surface area contributed by atoms with Crippen molar-refractivity contribution in [3.05, 3.63) is 0 Å². The quantitative estimate of drug-likeness (QED) is 0.717. The van der Waals surface area contributed by atoms with Crippen molar-refractivity contribution >= 4 is 18.3 Å². The van der Waals surface area contributed by atoms with Gasteiger partial charge in [0.15, 0.2) is 0 Å². The Bertz CT molecular complexity index is 269. The molecule has 0 saturated carbocycles. The van der Waals surface area contributed by atoms with Crippen molar-refractivity contribution in [2.24, 2.45) is 5.41 Å². The van der Waals surface area contributed by atoms with Gasteiger partial charge in [-0.1, -0.05) is 0 Å². The number of methoxy groups -OCH3 is 1. The molecule has 1 aliphatic rings. The Kier molecular flexibility index (Phi) is 8.57. The van der Waals surface area contributed by atoms with Crippen LogP contribution in [0.1, 0.15) is 20.3 Å². The van der Waals surface area contributed by atoms with Crippen LogP contribution in [-0.4, -0.2) is 63.8 Å². The number of carbonyl (C=O) groups is 1. The molecular formula is C13H28ClN3O2. The Labute approximate surface area is 122 Å². The third kappa shape index (κ3) is 5.26. The van der Waals surface area contributed by atoms with Crippen LogP contribution in [0, 0.1) is 5.41 Å². The second-order valence-corrected chi connectivity index (χ2v) is 5.47. The molecule has 1 aliphatic heterocycles. The highest BCUT2D eigenvalue weighted by Gasteiger charge is 2.41. The van der Waals surface area contributed by atoms with E-state index in [9.17, 15) is 4.79 Å². The molecule has 1 unspecified atom stereocenters. The minimum Gasteiger partial charge on any atom is -0.384 e. The molecule has 1 fully saturated rings. The van der Waals surface area contributed by atoms with Crippen LogP contribution in [0.3, 0.4) is 0 Å². The van der Waals surface area contributed by atoms with E-state index in [4.69, 9.17) is 4.74 Å². The van der Waals surface area contributed by atoms with Crippen LogP contribution in [-0.2, 0) is 9.53 Å². The fraction of sp³-hybridized carbons (Fsp3) is 0.923. The summed E-state index contributed by atoms with van der Waals surface area (Å²) in [6, 6.07) is 0.503. The van der Waals surface area contributed by atoms with Crippen molar-refractivity contribution in [1.29, 1.82) is 0 Å². The summed E-state index contributed by atoms with van der Waals surface area (Å²) in [6.45, 7) is 7.96. The number of rotatable bonds is 7. The topological polar surface area (TPSA) is 53.6 Å². The van der Waals surface area contributed by atoms with Gasteiger partial charge in [0.05, 0.1) is 12.0 Å². The zero-order valence-corrected chi connectivity index (χ0v) is 13.3. The van der Waals surface area contributed by atoms with Gasteiger partial charge >= 0.3 is 0 Å². The van der Waals surface area contributed by atoms with E-state index in [-0.39, 0.29) is 23.7 Å². The third-order valence-electron chi connectivity index (χ3n) is 3.78. The van der Waals surface area contributed by atoms with E-state index in [1.807, 2.05) is 0 Å². The molecule has 1 atom stereocenters. The number of amides is 1. The molecule has 0 aromatic carbocycles. The first-order chi connectivity index (χ1) is 8.52. The summed E-state index contributed by atoms with van der Waals surface area (Å²) < 4.78 is 5.20. The molecule has 1 saturated heterocycles. The van der Waals surface area contributed by atoms with Gasteiger partial charge in [0.1, 0.15) is 0 Å². The summed E-state index contributed by atoms with van der Waals surface area (Å²) in [7, 11) is 3.72. The number of ether oxygens (including phenoxy) is 1. The van der Waals surface area contributed by atoms with Crippen molar-refractivity contribution in [1.82, 2.24) is 15.5 Å². The highest BCUT2D eigenvalue weighted by atomic mass is 35.5. The van der Waals surface area contributed by atoms with E-state index in [1.54, 1.807) is 7.11 Å². The smallest absolute Gasteiger partial charge is 0.229 e. The summed E-state index contributed by atoms with van der Waals surface area (Å²) in [5.41, 5.74) is -0.370. The second-order valence-electron chi connectivity index (χ2n) is 5.47. The SMILES string of the molecule is COCC1(C(=O)NCCN(C)C(C)C)CCNC1.Cl. The Balaban J connectivity index is 0.00000324. The molecule has 2 N–H and O–H groups in total. The maximum Gasteiger partial charge on any atom is 0.229 e. The van der Waals surface area contributed by atoms with Crippen molar-refractivity contribution in [2.75, 3.05) is 46.9 Å².